The van der Waals surface area contributed by atoms with E-state index >= 15 is 0 Å². The standard InChI is InChI=1S/C25H27N7O2/c1-16-8-9-19(30-24(33)17-6-5-7-18(12-17)25(2,3)34)13-20(16)31-22-10-11-29-32(22)23-14-21(26-4)27-15-28-23/h5-15,31,34H,1-4H3,(H,30,33)(H,26,27,28). The van der Waals surface area contributed by atoms with Crippen LogP contribution in [0.3, 0.4) is 0 Å². The number of aromatic nitrogens is 4. The third kappa shape index (κ3) is 5.05. The van der Waals surface area contributed by atoms with Crippen molar-refractivity contribution in [3.8, 4) is 5.82 Å². The van der Waals surface area contributed by atoms with Crippen molar-refractivity contribution in [3.05, 3.63) is 83.8 Å². The molecule has 0 saturated carbocycles. The van der Waals surface area contributed by atoms with Gasteiger partial charge < -0.3 is 21.1 Å². The van der Waals surface area contributed by atoms with Gasteiger partial charge in [0.15, 0.2) is 5.82 Å². The number of nitrogens with one attached hydrogen (secondary N) is 3. The maximum absolute atomic E-state index is 12.9. The molecule has 4 aromatic rings. The van der Waals surface area contributed by atoms with Crippen LogP contribution in [0.1, 0.15) is 35.3 Å². The molecule has 174 valence electrons. The molecule has 2 aromatic heterocycles. The van der Waals surface area contributed by atoms with E-state index in [1.54, 1.807) is 62.1 Å². The smallest absolute Gasteiger partial charge is 0.255 e. The van der Waals surface area contributed by atoms with Gasteiger partial charge >= 0.3 is 0 Å². The van der Waals surface area contributed by atoms with Crippen LogP contribution in [0.5, 0.6) is 0 Å². The summed E-state index contributed by atoms with van der Waals surface area (Å²) in [5.74, 6) is 1.75. The quantitative estimate of drug-likeness (QED) is 0.328. The Morgan fingerprint density at radius 2 is 1.88 bits per heavy atom. The van der Waals surface area contributed by atoms with Crippen LogP contribution in [0.15, 0.2) is 67.1 Å². The van der Waals surface area contributed by atoms with Crippen molar-refractivity contribution < 1.29 is 9.90 Å². The molecule has 0 atom stereocenters. The number of aliphatic hydroxyl groups is 1. The Bertz CT molecular complexity index is 1320. The summed E-state index contributed by atoms with van der Waals surface area (Å²) in [6.45, 7) is 5.35. The van der Waals surface area contributed by atoms with Gasteiger partial charge in [-0.2, -0.15) is 9.78 Å². The van der Waals surface area contributed by atoms with E-state index in [1.165, 1.54) is 6.33 Å². The number of carbonyl (C=O) groups excluding carboxylic acids is 1. The molecule has 0 aliphatic heterocycles. The maximum atomic E-state index is 12.9. The van der Waals surface area contributed by atoms with Gasteiger partial charge in [-0.1, -0.05) is 18.2 Å². The molecule has 0 bridgehead atoms. The van der Waals surface area contributed by atoms with Crippen LogP contribution in [-0.4, -0.2) is 37.8 Å². The van der Waals surface area contributed by atoms with Gasteiger partial charge in [-0.15, -0.1) is 0 Å². The number of hydrogen-bond donors (Lipinski definition) is 4. The Kier molecular flexibility index (Phi) is 6.29. The highest BCUT2D eigenvalue weighted by molar-refractivity contribution is 6.04. The molecule has 0 aliphatic rings. The van der Waals surface area contributed by atoms with Crippen molar-refractivity contribution in [1.29, 1.82) is 0 Å². The molecular formula is C25H27N7O2. The first-order valence-corrected chi connectivity index (χ1v) is 10.8. The fourth-order valence-electron chi connectivity index (χ4n) is 3.40. The summed E-state index contributed by atoms with van der Waals surface area (Å²) in [5.41, 5.74) is 2.55. The predicted molar refractivity (Wildman–Crippen MR) is 133 cm³/mol. The van der Waals surface area contributed by atoms with Gasteiger partial charge in [-0.3, -0.25) is 4.79 Å². The molecule has 0 unspecified atom stereocenters. The molecule has 0 fully saturated rings. The summed E-state index contributed by atoms with van der Waals surface area (Å²) in [5, 5.41) is 23.9. The van der Waals surface area contributed by atoms with E-state index in [9.17, 15) is 9.90 Å². The number of amides is 1. The molecule has 0 radical (unpaired) electrons. The first kappa shape index (κ1) is 22.9. The lowest BCUT2D eigenvalue weighted by molar-refractivity contribution is 0.0785. The lowest BCUT2D eigenvalue weighted by Crippen LogP contribution is -2.18. The number of rotatable bonds is 7. The number of aryl methyl sites for hydroxylation is 1. The summed E-state index contributed by atoms with van der Waals surface area (Å²) in [4.78, 5) is 21.3. The highest BCUT2D eigenvalue weighted by atomic mass is 16.3. The molecule has 1 amide bonds. The number of hydrogen-bond acceptors (Lipinski definition) is 7. The number of anilines is 4. The second-order valence-corrected chi connectivity index (χ2v) is 8.39. The Morgan fingerprint density at radius 1 is 1.06 bits per heavy atom. The van der Waals surface area contributed by atoms with E-state index in [0.717, 1.165) is 11.3 Å². The number of nitrogens with zero attached hydrogens (tertiary/aromatic N) is 4. The minimum absolute atomic E-state index is 0.258. The van der Waals surface area contributed by atoms with Crippen LogP contribution in [-0.2, 0) is 5.60 Å². The zero-order valence-electron chi connectivity index (χ0n) is 19.5. The van der Waals surface area contributed by atoms with Crippen molar-refractivity contribution in [2.24, 2.45) is 0 Å². The Balaban J connectivity index is 1.56. The number of benzene rings is 2. The van der Waals surface area contributed by atoms with Crippen molar-refractivity contribution >= 4 is 28.9 Å². The van der Waals surface area contributed by atoms with Gasteiger partial charge in [0.2, 0.25) is 0 Å². The second kappa shape index (κ2) is 9.32. The van der Waals surface area contributed by atoms with Gasteiger partial charge in [0.05, 0.1) is 11.8 Å². The molecule has 2 heterocycles. The lowest BCUT2D eigenvalue weighted by Gasteiger charge is -2.18. The SMILES string of the molecule is CNc1cc(-n2nccc2Nc2cc(NC(=O)c3cccc(C(C)(C)O)c3)ccc2C)ncn1. The topological polar surface area (TPSA) is 117 Å². The van der Waals surface area contributed by atoms with Crippen LogP contribution in [0, 0.1) is 6.92 Å². The van der Waals surface area contributed by atoms with Crippen molar-refractivity contribution in [1.82, 2.24) is 19.7 Å². The first-order chi connectivity index (χ1) is 16.2. The van der Waals surface area contributed by atoms with E-state index < -0.39 is 5.60 Å². The highest BCUT2D eigenvalue weighted by Gasteiger charge is 2.18. The molecular weight excluding hydrogens is 430 g/mol. The second-order valence-electron chi connectivity index (χ2n) is 8.39. The Hall–Kier alpha value is -4.24. The summed E-state index contributed by atoms with van der Waals surface area (Å²) in [6, 6.07) is 16.2. The summed E-state index contributed by atoms with van der Waals surface area (Å²) >= 11 is 0. The van der Waals surface area contributed by atoms with Crippen molar-refractivity contribution in [3.63, 3.8) is 0 Å². The van der Waals surface area contributed by atoms with E-state index in [2.05, 4.69) is 31.0 Å². The van der Waals surface area contributed by atoms with Gasteiger partial charge in [-0.25, -0.2) is 9.97 Å². The predicted octanol–water partition coefficient (Wildman–Crippen LogP) is 4.24. The Labute approximate surface area is 197 Å². The average molecular weight is 458 g/mol. The van der Waals surface area contributed by atoms with Crippen LogP contribution >= 0.6 is 0 Å². The summed E-state index contributed by atoms with van der Waals surface area (Å²) in [7, 11) is 1.79. The molecule has 34 heavy (non-hydrogen) atoms. The minimum atomic E-state index is -1.03. The Morgan fingerprint density at radius 3 is 2.65 bits per heavy atom. The normalized spacial score (nSPS) is 11.2. The van der Waals surface area contributed by atoms with Gasteiger partial charge in [0, 0.05) is 36.1 Å². The van der Waals surface area contributed by atoms with Crippen LogP contribution in [0.4, 0.5) is 23.0 Å². The van der Waals surface area contributed by atoms with E-state index in [4.69, 9.17) is 0 Å². The van der Waals surface area contributed by atoms with E-state index in [1.807, 2.05) is 31.2 Å². The monoisotopic (exact) mass is 457 g/mol. The van der Waals surface area contributed by atoms with Crippen LogP contribution in [0.25, 0.3) is 5.82 Å². The third-order valence-electron chi connectivity index (χ3n) is 5.36. The van der Waals surface area contributed by atoms with E-state index in [-0.39, 0.29) is 5.91 Å². The fraction of sp³-hybridized carbons (Fsp3) is 0.200. The lowest BCUT2D eigenvalue weighted by atomic mass is 9.96. The molecule has 9 nitrogen and oxygen atoms in total. The van der Waals surface area contributed by atoms with E-state index in [0.29, 0.717) is 34.3 Å². The largest absolute Gasteiger partial charge is 0.386 e. The average Bonchev–Trinajstić information content (AvgIpc) is 3.29. The summed E-state index contributed by atoms with van der Waals surface area (Å²) < 4.78 is 1.68. The van der Waals surface area contributed by atoms with Gasteiger partial charge in [0.25, 0.3) is 5.91 Å². The van der Waals surface area contributed by atoms with Crippen molar-refractivity contribution in [2.75, 3.05) is 23.0 Å². The molecule has 0 aliphatic carbocycles. The molecule has 0 saturated heterocycles. The van der Waals surface area contributed by atoms with Gasteiger partial charge in [-0.05, 0) is 56.2 Å². The molecule has 4 rings (SSSR count). The van der Waals surface area contributed by atoms with Gasteiger partial charge in [0.1, 0.15) is 18.0 Å². The first-order valence-electron chi connectivity index (χ1n) is 10.8. The number of carbonyl (C=O) groups is 1. The zero-order chi connectivity index (χ0) is 24.3. The highest BCUT2D eigenvalue weighted by Crippen LogP contribution is 2.26. The molecule has 4 N–H and O–H groups in total. The van der Waals surface area contributed by atoms with Crippen LogP contribution in [0.2, 0.25) is 0 Å². The fourth-order valence-corrected chi connectivity index (χ4v) is 3.40. The molecule has 0 spiro atoms. The maximum Gasteiger partial charge on any atom is 0.255 e. The summed E-state index contributed by atoms with van der Waals surface area (Å²) in [6.07, 6.45) is 3.15. The zero-order valence-corrected chi connectivity index (χ0v) is 19.5. The molecule has 9 heteroatoms. The van der Waals surface area contributed by atoms with Crippen molar-refractivity contribution in [2.45, 2.75) is 26.4 Å². The third-order valence-corrected chi connectivity index (χ3v) is 5.36. The van der Waals surface area contributed by atoms with Crippen LogP contribution < -0.4 is 16.0 Å². The minimum Gasteiger partial charge on any atom is -0.386 e. The molecule has 2 aromatic carbocycles.